The molecule has 10 heteroatoms. The topological polar surface area (TPSA) is 106 Å². The average molecular weight is 630 g/mol. The molecule has 0 bridgehead atoms. The van der Waals surface area contributed by atoms with Gasteiger partial charge >= 0.3 is 0 Å². The number of hydrogen-bond acceptors (Lipinski definition) is 6. The van der Waals surface area contributed by atoms with Crippen molar-refractivity contribution < 1.29 is 23.9 Å². The fraction of sp³-hybridized carbons (Fsp3) is 0.147. The maximum atomic E-state index is 13.4. The third-order valence-corrected chi connectivity index (χ3v) is 8.02. The molecule has 0 aliphatic carbocycles. The zero-order valence-corrected chi connectivity index (χ0v) is 26.0. The van der Waals surface area contributed by atoms with Gasteiger partial charge < -0.3 is 25.4 Å². The Morgan fingerprint density at radius 3 is 2.30 bits per heavy atom. The summed E-state index contributed by atoms with van der Waals surface area (Å²) in [6.07, 6.45) is 2.14. The van der Waals surface area contributed by atoms with Gasteiger partial charge in [0.15, 0.2) is 0 Å². The van der Waals surface area contributed by atoms with E-state index in [2.05, 4.69) is 16.0 Å². The number of nitrogens with one attached hydrogen (secondary N) is 3. The molecular formula is C34H32ClN3O5S. The molecule has 1 atom stereocenters. The Bertz CT molecular complexity index is 1640. The summed E-state index contributed by atoms with van der Waals surface area (Å²) in [5, 5.41) is 8.67. The van der Waals surface area contributed by atoms with Crippen molar-refractivity contribution in [2.24, 2.45) is 0 Å². The van der Waals surface area contributed by atoms with Gasteiger partial charge in [-0.25, -0.2) is 0 Å². The molecule has 0 aliphatic heterocycles. The molecular weight excluding hydrogens is 598 g/mol. The molecule has 0 spiro atoms. The van der Waals surface area contributed by atoms with Crippen molar-refractivity contribution in [3.05, 3.63) is 119 Å². The van der Waals surface area contributed by atoms with Gasteiger partial charge in [-0.05, 0) is 72.7 Å². The zero-order valence-electron chi connectivity index (χ0n) is 24.4. The number of ether oxygens (including phenoxy) is 2. The normalized spacial score (nSPS) is 11.7. The highest BCUT2D eigenvalue weighted by atomic mass is 35.5. The highest BCUT2D eigenvalue weighted by Crippen LogP contribution is 2.32. The van der Waals surface area contributed by atoms with E-state index in [0.29, 0.717) is 45.4 Å². The summed E-state index contributed by atoms with van der Waals surface area (Å²) in [6.45, 7) is 1.93. The van der Waals surface area contributed by atoms with Crippen molar-refractivity contribution in [1.29, 1.82) is 0 Å². The van der Waals surface area contributed by atoms with Crippen LogP contribution in [0, 0.1) is 0 Å². The molecule has 4 rings (SSSR count). The largest absolute Gasteiger partial charge is 0.497 e. The van der Waals surface area contributed by atoms with Crippen LogP contribution in [-0.4, -0.2) is 37.2 Å². The molecule has 0 saturated carbocycles. The van der Waals surface area contributed by atoms with Gasteiger partial charge in [0.2, 0.25) is 5.91 Å². The van der Waals surface area contributed by atoms with Crippen molar-refractivity contribution >= 4 is 58.5 Å². The molecule has 0 radical (unpaired) electrons. The van der Waals surface area contributed by atoms with E-state index in [-0.39, 0.29) is 11.6 Å². The third-order valence-electron chi connectivity index (χ3n) is 6.41. The maximum absolute atomic E-state index is 13.4. The fourth-order valence-electron chi connectivity index (χ4n) is 4.12. The van der Waals surface area contributed by atoms with Crippen LogP contribution in [0.1, 0.15) is 29.3 Å². The van der Waals surface area contributed by atoms with E-state index < -0.39 is 17.1 Å². The summed E-state index contributed by atoms with van der Waals surface area (Å²) < 4.78 is 10.6. The fourth-order valence-corrected chi connectivity index (χ4v) is 5.25. The molecule has 44 heavy (non-hydrogen) atoms. The minimum Gasteiger partial charge on any atom is -0.497 e. The SMILES string of the molecule is CCC(Sc1cccc(NC(=O)/C(=C/c2ccc(Cl)cc2)NC(=O)c2ccccc2)c1)C(=O)Nc1ccc(OC)cc1OC. The van der Waals surface area contributed by atoms with Crippen LogP contribution >= 0.6 is 23.4 Å². The Kier molecular flexibility index (Phi) is 11.5. The molecule has 0 saturated heterocycles. The number of carbonyl (C=O) groups is 3. The third kappa shape index (κ3) is 8.89. The van der Waals surface area contributed by atoms with Crippen molar-refractivity contribution in [3.8, 4) is 11.5 Å². The lowest BCUT2D eigenvalue weighted by molar-refractivity contribution is -0.116. The number of amides is 3. The van der Waals surface area contributed by atoms with Crippen molar-refractivity contribution in [2.75, 3.05) is 24.9 Å². The lowest BCUT2D eigenvalue weighted by Gasteiger charge is -2.17. The van der Waals surface area contributed by atoms with Gasteiger partial charge in [-0.2, -0.15) is 0 Å². The molecule has 226 valence electrons. The first-order chi connectivity index (χ1) is 21.3. The highest BCUT2D eigenvalue weighted by Gasteiger charge is 2.21. The molecule has 3 amide bonds. The van der Waals surface area contributed by atoms with Gasteiger partial charge in [0.25, 0.3) is 11.8 Å². The number of carbonyl (C=O) groups excluding carboxylic acids is 3. The Hall–Kier alpha value is -4.73. The second-order valence-corrected chi connectivity index (χ2v) is 11.2. The monoisotopic (exact) mass is 629 g/mol. The van der Waals surface area contributed by atoms with Crippen LogP contribution in [0.3, 0.4) is 0 Å². The van der Waals surface area contributed by atoms with E-state index in [9.17, 15) is 14.4 Å². The summed E-state index contributed by atoms with van der Waals surface area (Å²) in [4.78, 5) is 40.3. The predicted octanol–water partition coefficient (Wildman–Crippen LogP) is 7.28. The zero-order chi connectivity index (χ0) is 31.5. The first-order valence-electron chi connectivity index (χ1n) is 13.7. The van der Waals surface area contributed by atoms with Crippen molar-refractivity contribution in [3.63, 3.8) is 0 Å². The van der Waals surface area contributed by atoms with E-state index in [4.69, 9.17) is 21.1 Å². The van der Waals surface area contributed by atoms with Crippen molar-refractivity contribution in [2.45, 2.75) is 23.5 Å². The summed E-state index contributed by atoms with van der Waals surface area (Å²) in [6, 6.07) is 27.9. The van der Waals surface area contributed by atoms with Gasteiger partial charge in [0.05, 0.1) is 25.2 Å². The molecule has 1 unspecified atom stereocenters. The van der Waals surface area contributed by atoms with Crippen LogP contribution in [0.4, 0.5) is 11.4 Å². The first-order valence-corrected chi connectivity index (χ1v) is 15.0. The lowest BCUT2D eigenvalue weighted by Crippen LogP contribution is -2.30. The van der Waals surface area contributed by atoms with Crippen LogP contribution in [0.2, 0.25) is 5.02 Å². The summed E-state index contributed by atoms with van der Waals surface area (Å²) >= 11 is 7.39. The molecule has 3 N–H and O–H groups in total. The standard InChI is InChI=1S/C34H32ClN3O5S/c1-4-31(34(41)37-28-18-17-26(42-2)21-30(28)43-3)44-27-12-8-11-25(20-27)36-33(40)29(19-22-13-15-24(35)16-14-22)38-32(39)23-9-6-5-7-10-23/h5-21,31H,4H2,1-3H3,(H,36,40)(H,37,41)(H,38,39)/b29-19-. The van der Waals surface area contributed by atoms with Crippen LogP contribution in [0.15, 0.2) is 108 Å². The van der Waals surface area contributed by atoms with E-state index in [1.54, 1.807) is 98.1 Å². The van der Waals surface area contributed by atoms with Crippen LogP contribution < -0.4 is 25.4 Å². The van der Waals surface area contributed by atoms with Gasteiger partial charge in [0, 0.05) is 27.2 Å². The molecule has 0 heterocycles. The molecule has 4 aromatic carbocycles. The average Bonchev–Trinajstić information content (AvgIpc) is 3.04. The molecule has 4 aromatic rings. The Labute approximate surface area is 265 Å². The van der Waals surface area contributed by atoms with Crippen LogP contribution in [-0.2, 0) is 9.59 Å². The van der Waals surface area contributed by atoms with E-state index in [1.165, 1.54) is 18.9 Å². The van der Waals surface area contributed by atoms with Crippen molar-refractivity contribution in [1.82, 2.24) is 5.32 Å². The predicted molar refractivity (Wildman–Crippen MR) is 177 cm³/mol. The Balaban J connectivity index is 1.49. The van der Waals surface area contributed by atoms with Crippen LogP contribution in [0.5, 0.6) is 11.5 Å². The van der Waals surface area contributed by atoms with Crippen LogP contribution in [0.25, 0.3) is 6.08 Å². The molecule has 8 nitrogen and oxygen atoms in total. The number of hydrogen-bond donors (Lipinski definition) is 3. The van der Waals surface area contributed by atoms with E-state index in [0.717, 1.165) is 4.90 Å². The molecule has 0 aromatic heterocycles. The second kappa shape index (κ2) is 15.7. The summed E-state index contributed by atoms with van der Waals surface area (Å²) in [5.74, 6) is -0.0134. The minimum absolute atomic E-state index is 0.0542. The Morgan fingerprint density at radius 2 is 1.61 bits per heavy atom. The number of anilines is 2. The molecule has 0 aliphatic rings. The quantitative estimate of drug-likeness (QED) is 0.112. The number of halogens is 1. The lowest BCUT2D eigenvalue weighted by atomic mass is 10.1. The van der Waals surface area contributed by atoms with Gasteiger partial charge in [-0.3, -0.25) is 14.4 Å². The number of rotatable bonds is 12. The number of thioether (sulfide) groups is 1. The van der Waals surface area contributed by atoms with Gasteiger partial charge in [-0.15, -0.1) is 11.8 Å². The number of benzene rings is 4. The Morgan fingerprint density at radius 1 is 0.864 bits per heavy atom. The first kappa shape index (κ1) is 32.2. The summed E-state index contributed by atoms with van der Waals surface area (Å²) in [7, 11) is 3.09. The maximum Gasteiger partial charge on any atom is 0.272 e. The summed E-state index contributed by atoms with van der Waals surface area (Å²) in [5.41, 5.74) is 2.19. The molecule has 0 fully saturated rings. The van der Waals surface area contributed by atoms with Gasteiger partial charge in [-0.1, -0.05) is 54.9 Å². The number of methoxy groups -OCH3 is 2. The smallest absolute Gasteiger partial charge is 0.272 e. The van der Waals surface area contributed by atoms with E-state index in [1.807, 2.05) is 19.1 Å². The highest BCUT2D eigenvalue weighted by molar-refractivity contribution is 8.00. The minimum atomic E-state index is -0.511. The van der Waals surface area contributed by atoms with Gasteiger partial charge in [0.1, 0.15) is 17.2 Å². The van der Waals surface area contributed by atoms with E-state index >= 15 is 0 Å². The second-order valence-electron chi connectivity index (χ2n) is 9.48.